The topological polar surface area (TPSA) is 61.4 Å². The van der Waals surface area contributed by atoms with E-state index in [-0.39, 0.29) is 24.2 Å². The van der Waals surface area contributed by atoms with Gasteiger partial charge in [-0.1, -0.05) is 74.5 Å². The highest BCUT2D eigenvalue weighted by atomic mass is 16.2. The number of hydrogen-bond acceptors (Lipinski definition) is 3. The van der Waals surface area contributed by atoms with Gasteiger partial charge in [0.2, 0.25) is 11.8 Å². The lowest BCUT2D eigenvalue weighted by atomic mass is 9.91. The molecule has 1 heterocycles. The van der Waals surface area contributed by atoms with Crippen LogP contribution in [0.4, 0.5) is 0 Å². The number of piperazine rings is 1. The summed E-state index contributed by atoms with van der Waals surface area (Å²) in [5.74, 6) is 0.396. The monoisotopic (exact) mass is 393 g/mol. The molecule has 5 heteroatoms. The van der Waals surface area contributed by atoms with Crippen LogP contribution in [0.3, 0.4) is 0 Å². The molecule has 2 aromatic rings. The van der Waals surface area contributed by atoms with Crippen LogP contribution in [0.25, 0.3) is 0 Å². The molecule has 1 saturated heterocycles. The van der Waals surface area contributed by atoms with E-state index in [2.05, 4.69) is 53.6 Å². The van der Waals surface area contributed by atoms with Gasteiger partial charge < -0.3 is 10.6 Å². The van der Waals surface area contributed by atoms with Gasteiger partial charge in [0.15, 0.2) is 0 Å². The van der Waals surface area contributed by atoms with Crippen LogP contribution in [-0.2, 0) is 9.59 Å². The van der Waals surface area contributed by atoms with Crippen molar-refractivity contribution in [3.8, 4) is 0 Å². The third-order valence-corrected chi connectivity index (χ3v) is 5.33. The van der Waals surface area contributed by atoms with Crippen molar-refractivity contribution in [1.29, 1.82) is 0 Å². The molecule has 2 aromatic carbocycles. The number of benzene rings is 2. The summed E-state index contributed by atoms with van der Waals surface area (Å²) in [5, 5.41) is 5.97. The van der Waals surface area contributed by atoms with E-state index >= 15 is 0 Å². The minimum Gasteiger partial charge on any atom is -0.355 e. The molecule has 1 atom stereocenters. The predicted molar refractivity (Wildman–Crippen MR) is 116 cm³/mol. The molecule has 154 valence electrons. The fourth-order valence-corrected chi connectivity index (χ4v) is 3.93. The van der Waals surface area contributed by atoms with E-state index in [1.165, 1.54) is 0 Å². The fourth-order valence-electron chi connectivity index (χ4n) is 3.93. The van der Waals surface area contributed by atoms with Crippen molar-refractivity contribution in [2.75, 3.05) is 26.2 Å². The first-order chi connectivity index (χ1) is 14.0. The van der Waals surface area contributed by atoms with Gasteiger partial charge in [0.1, 0.15) is 0 Å². The maximum absolute atomic E-state index is 12.7. The van der Waals surface area contributed by atoms with E-state index in [9.17, 15) is 9.59 Å². The zero-order valence-corrected chi connectivity index (χ0v) is 17.3. The molecule has 0 saturated carbocycles. The second-order valence-electron chi connectivity index (χ2n) is 8.08. The molecule has 1 aliphatic rings. The first-order valence-corrected chi connectivity index (χ1v) is 10.4. The van der Waals surface area contributed by atoms with Crippen LogP contribution in [-0.4, -0.2) is 48.9 Å². The van der Waals surface area contributed by atoms with E-state index in [1.807, 2.05) is 36.4 Å². The van der Waals surface area contributed by atoms with Crippen molar-refractivity contribution >= 4 is 11.8 Å². The molecule has 2 N–H and O–H groups in total. The number of nitrogens with zero attached hydrogens (tertiary/aromatic N) is 1. The molecular formula is C24H31N3O2. The number of hydrogen-bond donors (Lipinski definition) is 2. The zero-order chi connectivity index (χ0) is 20.6. The lowest BCUT2D eigenvalue weighted by Crippen LogP contribution is -2.57. The molecule has 0 bridgehead atoms. The lowest BCUT2D eigenvalue weighted by molar-refractivity contribution is -0.134. The van der Waals surface area contributed by atoms with Crippen molar-refractivity contribution in [3.63, 3.8) is 0 Å². The van der Waals surface area contributed by atoms with E-state index in [4.69, 9.17) is 0 Å². The molecule has 3 rings (SSSR count). The van der Waals surface area contributed by atoms with Crippen LogP contribution >= 0.6 is 0 Å². The lowest BCUT2D eigenvalue weighted by Gasteiger charge is -2.35. The van der Waals surface area contributed by atoms with Gasteiger partial charge in [-0.25, -0.2) is 0 Å². The Labute approximate surface area is 173 Å². The molecule has 29 heavy (non-hydrogen) atoms. The molecule has 1 aliphatic heterocycles. The number of nitrogens with one attached hydrogen (secondary N) is 2. The standard InChI is InChI=1S/C24H31N3O2/c1-18(2)17-27-14-13-25-24(29)22(27)15-23(28)26-16-21(19-9-5-3-6-10-19)20-11-7-4-8-12-20/h3-12,18,21-22H,13-17H2,1-2H3,(H,25,29)(H,26,28)/t22-/m1/s1. The van der Waals surface area contributed by atoms with Crippen molar-refractivity contribution in [1.82, 2.24) is 15.5 Å². The van der Waals surface area contributed by atoms with Crippen LogP contribution in [0.2, 0.25) is 0 Å². The summed E-state index contributed by atoms with van der Waals surface area (Å²) >= 11 is 0. The second-order valence-corrected chi connectivity index (χ2v) is 8.08. The minimum absolute atomic E-state index is 0.0466. The van der Waals surface area contributed by atoms with Crippen LogP contribution in [0.1, 0.15) is 37.3 Å². The van der Waals surface area contributed by atoms with Crippen LogP contribution < -0.4 is 10.6 Å². The first-order valence-electron chi connectivity index (χ1n) is 10.4. The molecule has 1 fully saturated rings. The van der Waals surface area contributed by atoms with Gasteiger partial charge >= 0.3 is 0 Å². The smallest absolute Gasteiger partial charge is 0.237 e. The van der Waals surface area contributed by atoms with Gasteiger partial charge in [0.05, 0.1) is 12.5 Å². The third kappa shape index (κ3) is 5.91. The zero-order valence-electron chi connectivity index (χ0n) is 17.3. The number of rotatable bonds is 8. The van der Waals surface area contributed by atoms with Crippen LogP contribution in [0.5, 0.6) is 0 Å². The Morgan fingerprint density at radius 3 is 2.21 bits per heavy atom. The summed E-state index contributed by atoms with van der Waals surface area (Å²) in [4.78, 5) is 27.2. The first kappa shape index (κ1) is 21.1. The highest BCUT2D eigenvalue weighted by Crippen LogP contribution is 2.23. The maximum Gasteiger partial charge on any atom is 0.237 e. The van der Waals surface area contributed by atoms with Gasteiger partial charge in [-0.3, -0.25) is 14.5 Å². The second kappa shape index (κ2) is 10.2. The Kier molecular flexibility index (Phi) is 7.42. The SMILES string of the molecule is CC(C)CN1CCNC(=O)[C@H]1CC(=O)NCC(c1ccccc1)c1ccccc1. The molecule has 0 aromatic heterocycles. The normalized spacial score (nSPS) is 17.4. The van der Waals surface area contributed by atoms with Gasteiger partial charge in [-0.2, -0.15) is 0 Å². The average molecular weight is 394 g/mol. The summed E-state index contributed by atoms with van der Waals surface area (Å²) in [6.45, 7) is 7.03. The van der Waals surface area contributed by atoms with Gasteiger partial charge in [0.25, 0.3) is 0 Å². The molecule has 2 amide bonds. The minimum atomic E-state index is -0.391. The Morgan fingerprint density at radius 1 is 1.07 bits per heavy atom. The van der Waals surface area contributed by atoms with Gasteiger partial charge in [0, 0.05) is 32.1 Å². The van der Waals surface area contributed by atoms with E-state index in [1.54, 1.807) is 0 Å². The number of carbonyl (C=O) groups excluding carboxylic acids is 2. The third-order valence-electron chi connectivity index (χ3n) is 5.33. The highest BCUT2D eigenvalue weighted by Gasteiger charge is 2.31. The molecule has 0 aliphatic carbocycles. The van der Waals surface area contributed by atoms with Crippen molar-refractivity contribution in [3.05, 3.63) is 71.8 Å². The number of carbonyl (C=O) groups is 2. The van der Waals surface area contributed by atoms with Gasteiger partial charge in [-0.05, 0) is 17.0 Å². The van der Waals surface area contributed by atoms with Gasteiger partial charge in [-0.15, -0.1) is 0 Å². The van der Waals surface area contributed by atoms with E-state index < -0.39 is 6.04 Å². The highest BCUT2D eigenvalue weighted by molar-refractivity contribution is 5.88. The van der Waals surface area contributed by atoms with Crippen molar-refractivity contribution < 1.29 is 9.59 Å². The Hall–Kier alpha value is -2.66. The molecule has 5 nitrogen and oxygen atoms in total. The number of amides is 2. The molecular weight excluding hydrogens is 362 g/mol. The summed E-state index contributed by atoms with van der Waals surface area (Å²) in [5.41, 5.74) is 2.33. The van der Waals surface area contributed by atoms with E-state index in [0.29, 0.717) is 19.0 Å². The summed E-state index contributed by atoms with van der Waals surface area (Å²) in [6.07, 6.45) is 0.189. The molecule has 0 spiro atoms. The van der Waals surface area contributed by atoms with Crippen LogP contribution in [0.15, 0.2) is 60.7 Å². The van der Waals surface area contributed by atoms with Crippen molar-refractivity contribution in [2.24, 2.45) is 5.92 Å². The molecule has 0 radical (unpaired) electrons. The Morgan fingerprint density at radius 2 is 1.66 bits per heavy atom. The van der Waals surface area contributed by atoms with Crippen molar-refractivity contribution in [2.45, 2.75) is 32.2 Å². The van der Waals surface area contributed by atoms with Crippen LogP contribution in [0, 0.1) is 5.92 Å². The summed E-state index contributed by atoms with van der Waals surface area (Å²) in [7, 11) is 0. The molecule has 0 unspecified atom stereocenters. The average Bonchev–Trinajstić information content (AvgIpc) is 2.72. The fraction of sp³-hybridized carbons (Fsp3) is 0.417. The quantitative estimate of drug-likeness (QED) is 0.725. The Bertz CT molecular complexity index is 753. The predicted octanol–water partition coefficient (Wildman–Crippen LogP) is 2.78. The largest absolute Gasteiger partial charge is 0.355 e. The Balaban J connectivity index is 1.66. The maximum atomic E-state index is 12.7. The van der Waals surface area contributed by atoms with E-state index in [0.717, 1.165) is 24.2 Å². The summed E-state index contributed by atoms with van der Waals surface area (Å²) < 4.78 is 0. The summed E-state index contributed by atoms with van der Waals surface area (Å²) in [6, 6.07) is 20.0.